The summed E-state index contributed by atoms with van der Waals surface area (Å²) in [5.74, 6) is -1.60. The minimum Gasteiger partial charge on any atom is -0.466 e. The number of hydrogen-bond acceptors (Lipinski definition) is 5. The minimum atomic E-state index is -1.03. The molecule has 0 aromatic carbocycles. The van der Waals surface area contributed by atoms with Crippen LogP contribution in [-0.2, 0) is 19.1 Å². The number of aliphatic hydroxyl groups is 1. The quantitative estimate of drug-likeness (QED) is 0.653. The van der Waals surface area contributed by atoms with Crippen molar-refractivity contribution in [2.24, 2.45) is 5.92 Å². The predicted octanol–water partition coefficient (Wildman–Crippen LogP) is 1.28. The zero-order valence-electron chi connectivity index (χ0n) is 10.8. The molecule has 5 nitrogen and oxygen atoms in total. The Kier molecular flexibility index (Phi) is 8.40. The highest BCUT2D eigenvalue weighted by Crippen LogP contribution is 2.17. The van der Waals surface area contributed by atoms with Crippen molar-refractivity contribution in [1.29, 1.82) is 0 Å². The van der Waals surface area contributed by atoms with Crippen molar-refractivity contribution in [2.45, 2.75) is 46.1 Å². The number of carbonyl (C=O) groups is 2. The van der Waals surface area contributed by atoms with Crippen molar-refractivity contribution >= 4 is 11.9 Å². The van der Waals surface area contributed by atoms with Gasteiger partial charge in [0.15, 0.2) is 0 Å². The molecule has 0 aliphatic rings. The van der Waals surface area contributed by atoms with E-state index >= 15 is 0 Å². The topological polar surface area (TPSA) is 72.8 Å². The molecule has 0 rings (SSSR count). The van der Waals surface area contributed by atoms with E-state index in [0.717, 1.165) is 6.42 Å². The van der Waals surface area contributed by atoms with E-state index in [1.165, 1.54) is 0 Å². The fraction of sp³-hybridized carbons (Fsp3) is 0.833. The van der Waals surface area contributed by atoms with Crippen molar-refractivity contribution in [2.75, 3.05) is 13.2 Å². The van der Waals surface area contributed by atoms with Crippen LogP contribution in [0.3, 0.4) is 0 Å². The molecule has 0 radical (unpaired) electrons. The summed E-state index contributed by atoms with van der Waals surface area (Å²) in [5.41, 5.74) is 0. The summed E-state index contributed by atoms with van der Waals surface area (Å²) in [6, 6.07) is 0. The van der Waals surface area contributed by atoms with Gasteiger partial charge in [-0.2, -0.15) is 0 Å². The van der Waals surface area contributed by atoms with Gasteiger partial charge >= 0.3 is 11.9 Å². The maximum atomic E-state index is 11.6. The second kappa shape index (κ2) is 8.98. The summed E-state index contributed by atoms with van der Waals surface area (Å²) in [6.45, 7) is 5.84. The van der Waals surface area contributed by atoms with Gasteiger partial charge in [0.2, 0.25) is 0 Å². The zero-order chi connectivity index (χ0) is 13.3. The first-order valence-electron chi connectivity index (χ1n) is 6.07. The number of esters is 2. The molecule has 2 atom stereocenters. The Labute approximate surface area is 102 Å². The van der Waals surface area contributed by atoms with E-state index in [1.54, 1.807) is 13.8 Å². The van der Waals surface area contributed by atoms with Crippen molar-refractivity contribution in [1.82, 2.24) is 0 Å². The third-order valence-electron chi connectivity index (χ3n) is 2.33. The van der Waals surface area contributed by atoms with E-state index < -0.39 is 24.0 Å². The van der Waals surface area contributed by atoms with Crippen LogP contribution in [0.5, 0.6) is 0 Å². The summed E-state index contributed by atoms with van der Waals surface area (Å²) in [7, 11) is 0. The van der Waals surface area contributed by atoms with Gasteiger partial charge in [0.05, 0.1) is 31.7 Å². The molecular formula is C12H22O5. The van der Waals surface area contributed by atoms with E-state index in [1.807, 2.05) is 6.92 Å². The second-order valence-corrected chi connectivity index (χ2v) is 3.72. The van der Waals surface area contributed by atoms with Gasteiger partial charge in [0, 0.05) is 0 Å². The molecule has 0 unspecified atom stereocenters. The Bertz CT molecular complexity index is 239. The Hall–Kier alpha value is -1.10. The van der Waals surface area contributed by atoms with Gasteiger partial charge in [-0.1, -0.05) is 13.3 Å². The van der Waals surface area contributed by atoms with Crippen molar-refractivity contribution in [3.8, 4) is 0 Å². The molecule has 0 saturated carbocycles. The summed E-state index contributed by atoms with van der Waals surface area (Å²) in [4.78, 5) is 22.8. The van der Waals surface area contributed by atoms with Gasteiger partial charge in [-0.05, 0) is 20.3 Å². The number of rotatable bonds is 8. The first-order chi connectivity index (χ1) is 8.06. The normalized spacial score (nSPS) is 13.9. The molecule has 0 heterocycles. The molecule has 100 valence electrons. The van der Waals surface area contributed by atoms with Crippen molar-refractivity contribution < 1.29 is 24.2 Å². The van der Waals surface area contributed by atoms with Gasteiger partial charge in [0.25, 0.3) is 0 Å². The molecule has 0 aromatic rings. The van der Waals surface area contributed by atoms with Crippen molar-refractivity contribution in [3.05, 3.63) is 0 Å². The van der Waals surface area contributed by atoms with Crippen LogP contribution in [0.1, 0.15) is 40.0 Å². The van der Waals surface area contributed by atoms with Crippen LogP contribution < -0.4 is 0 Å². The third-order valence-corrected chi connectivity index (χ3v) is 2.33. The number of aliphatic hydroxyl groups excluding tert-OH is 1. The molecule has 0 aliphatic heterocycles. The van der Waals surface area contributed by atoms with E-state index in [9.17, 15) is 14.7 Å². The lowest BCUT2D eigenvalue weighted by Crippen LogP contribution is -2.32. The fourth-order valence-corrected chi connectivity index (χ4v) is 1.56. The van der Waals surface area contributed by atoms with Gasteiger partial charge in [-0.15, -0.1) is 0 Å². The summed E-state index contributed by atoms with van der Waals surface area (Å²) in [5, 5.41) is 9.83. The van der Waals surface area contributed by atoms with Gasteiger partial charge in [-0.25, -0.2) is 0 Å². The molecule has 0 aromatic heterocycles. The minimum absolute atomic E-state index is 0.169. The fourth-order valence-electron chi connectivity index (χ4n) is 1.56. The molecule has 0 bridgehead atoms. The first-order valence-corrected chi connectivity index (χ1v) is 6.07. The van der Waals surface area contributed by atoms with Crippen LogP contribution in [0, 0.1) is 5.92 Å². The highest BCUT2D eigenvalue weighted by atomic mass is 16.5. The summed E-state index contributed by atoms with van der Waals surface area (Å²) in [6.07, 6.45) is 0.0353. The number of ether oxygens (including phenoxy) is 2. The largest absolute Gasteiger partial charge is 0.466 e. The maximum Gasteiger partial charge on any atom is 0.311 e. The number of carbonyl (C=O) groups excluding carboxylic acids is 2. The second-order valence-electron chi connectivity index (χ2n) is 3.72. The van der Waals surface area contributed by atoms with E-state index in [2.05, 4.69) is 0 Å². The monoisotopic (exact) mass is 246 g/mol. The third kappa shape index (κ3) is 6.26. The predicted molar refractivity (Wildman–Crippen MR) is 62.3 cm³/mol. The van der Waals surface area contributed by atoms with Crippen LogP contribution in [0.4, 0.5) is 0 Å². The Morgan fingerprint density at radius 1 is 1.12 bits per heavy atom. The lowest BCUT2D eigenvalue weighted by Gasteiger charge is -2.20. The highest BCUT2D eigenvalue weighted by Gasteiger charge is 2.29. The summed E-state index contributed by atoms with van der Waals surface area (Å²) >= 11 is 0. The van der Waals surface area contributed by atoms with Crippen LogP contribution >= 0.6 is 0 Å². The molecule has 0 spiro atoms. The van der Waals surface area contributed by atoms with E-state index in [-0.39, 0.29) is 19.6 Å². The van der Waals surface area contributed by atoms with Gasteiger partial charge in [-0.3, -0.25) is 9.59 Å². The molecular weight excluding hydrogens is 224 g/mol. The van der Waals surface area contributed by atoms with Crippen LogP contribution in [0.25, 0.3) is 0 Å². The van der Waals surface area contributed by atoms with Crippen molar-refractivity contribution in [3.63, 3.8) is 0 Å². The smallest absolute Gasteiger partial charge is 0.311 e. The molecule has 1 N–H and O–H groups in total. The SMILES string of the molecule is CCC[C@H](C(=O)OCC)[C@@H](O)CC(=O)OCC. The Morgan fingerprint density at radius 3 is 2.18 bits per heavy atom. The Balaban J connectivity index is 4.37. The van der Waals surface area contributed by atoms with Gasteiger partial charge < -0.3 is 14.6 Å². The average Bonchev–Trinajstić information content (AvgIpc) is 2.26. The maximum absolute atomic E-state index is 11.6. The van der Waals surface area contributed by atoms with Gasteiger partial charge in [0.1, 0.15) is 0 Å². The first kappa shape index (κ1) is 15.9. The van der Waals surface area contributed by atoms with Crippen LogP contribution in [-0.4, -0.2) is 36.4 Å². The lowest BCUT2D eigenvalue weighted by atomic mass is 9.95. The van der Waals surface area contributed by atoms with Crippen LogP contribution in [0.2, 0.25) is 0 Å². The number of hydrogen-bond donors (Lipinski definition) is 1. The van der Waals surface area contributed by atoms with E-state index in [0.29, 0.717) is 6.42 Å². The molecule has 0 saturated heterocycles. The molecule has 5 heteroatoms. The average molecular weight is 246 g/mol. The molecule has 0 fully saturated rings. The Morgan fingerprint density at radius 2 is 1.71 bits per heavy atom. The molecule has 0 amide bonds. The highest BCUT2D eigenvalue weighted by molar-refractivity contribution is 5.75. The molecule has 0 aliphatic carbocycles. The standard InChI is InChI=1S/C12H22O5/c1-4-7-9(12(15)17-6-3)10(13)8-11(14)16-5-2/h9-10,13H,4-8H2,1-3H3/t9-,10-/m0/s1. The van der Waals surface area contributed by atoms with E-state index in [4.69, 9.17) is 9.47 Å². The summed E-state index contributed by atoms with van der Waals surface area (Å²) < 4.78 is 9.60. The lowest BCUT2D eigenvalue weighted by molar-refractivity contribution is -0.155. The molecule has 17 heavy (non-hydrogen) atoms. The van der Waals surface area contributed by atoms with Crippen LogP contribution in [0.15, 0.2) is 0 Å². The zero-order valence-corrected chi connectivity index (χ0v) is 10.8.